The summed E-state index contributed by atoms with van der Waals surface area (Å²) in [4.78, 5) is 24.1. The lowest BCUT2D eigenvalue weighted by molar-refractivity contribution is 0.0953. The van der Waals surface area contributed by atoms with E-state index in [2.05, 4.69) is 15.7 Å². The second-order valence-electron chi connectivity index (χ2n) is 5.01. The first-order valence-electron chi connectivity index (χ1n) is 7.32. The number of nitrogens with one attached hydrogen (secondary N) is 2. The summed E-state index contributed by atoms with van der Waals surface area (Å²) in [5, 5.41) is 9.59. The second-order valence-corrected chi connectivity index (χ2v) is 5.01. The lowest BCUT2D eigenvalue weighted by atomic mass is 10.2. The van der Waals surface area contributed by atoms with E-state index in [1.165, 1.54) is 11.8 Å². The molecule has 0 aliphatic rings. The van der Waals surface area contributed by atoms with Crippen LogP contribution in [0.1, 0.15) is 34.1 Å². The molecule has 23 heavy (non-hydrogen) atoms. The molecule has 122 valence electrons. The van der Waals surface area contributed by atoms with E-state index in [9.17, 15) is 9.59 Å². The minimum atomic E-state index is -0.321. The van der Waals surface area contributed by atoms with Gasteiger partial charge in [-0.1, -0.05) is 6.92 Å². The largest absolute Gasteiger partial charge is 0.479 e. The molecule has 2 rings (SSSR count). The van der Waals surface area contributed by atoms with Gasteiger partial charge in [-0.3, -0.25) is 14.3 Å². The van der Waals surface area contributed by atoms with Crippen LogP contribution >= 0.6 is 0 Å². The lowest BCUT2D eigenvalue weighted by Crippen LogP contribution is -2.23. The Morgan fingerprint density at radius 1 is 1.22 bits per heavy atom. The molecule has 0 spiro atoms. The van der Waals surface area contributed by atoms with Gasteiger partial charge < -0.3 is 15.4 Å². The number of ether oxygens (including phenoxy) is 1. The highest BCUT2D eigenvalue weighted by molar-refractivity contribution is 6.06. The van der Waals surface area contributed by atoms with Gasteiger partial charge in [-0.05, 0) is 30.7 Å². The molecule has 0 saturated heterocycles. The maximum atomic E-state index is 12.2. The highest BCUT2D eigenvalue weighted by Crippen LogP contribution is 2.17. The van der Waals surface area contributed by atoms with Gasteiger partial charge in [0.25, 0.3) is 11.8 Å². The van der Waals surface area contributed by atoms with E-state index >= 15 is 0 Å². The third kappa shape index (κ3) is 4.09. The highest BCUT2D eigenvalue weighted by atomic mass is 16.5. The summed E-state index contributed by atoms with van der Waals surface area (Å²) < 4.78 is 6.58. The van der Waals surface area contributed by atoms with Crippen LogP contribution < -0.4 is 15.4 Å². The molecule has 0 bridgehead atoms. The van der Waals surface area contributed by atoms with E-state index in [0.717, 1.165) is 6.42 Å². The van der Waals surface area contributed by atoms with E-state index in [1.807, 2.05) is 6.92 Å². The fraction of sp³-hybridized carbons (Fsp3) is 0.312. The average Bonchev–Trinajstić information content (AvgIpc) is 2.94. The molecule has 0 aliphatic carbocycles. The highest BCUT2D eigenvalue weighted by Gasteiger charge is 2.16. The molecule has 2 N–H and O–H groups in total. The topological polar surface area (TPSA) is 85.3 Å². The van der Waals surface area contributed by atoms with Crippen molar-refractivity contribution < 1.29 is 14.3 Å². The molecule has 0 unspecified atom stereocenters. The molecule has 7 heteroatoms. The summed E-state index contributed by atoms with van der Waals surface area (Å²) in [7, 11) is 3.17. The number of amides is 2. The van der Waals surface area contributed by atoms with Crippen LogP contribution in [-0.4, -0.2) is 35.2 Å². The van der Waals surface area contributed by atoms with Crippen molar-refractivity contribution in [2.75, 3.05) is 19.0 Å². The molecule has 0 saturated carbocycles. The van der Waals surface area contributed by atoms with E-state index in [4.69, 9.17) is 4.74 Å². The van der Waals surface area contributed by atoms with Crippen LogP contribution in [0.2, 0.25) is 0 Å². The number of aryl methyl sites for hydroxylation is 1. The van der Waals surface area contributed by atoms with Crippen LogP contribution in [0.25, 0.3) is 0 Å². The van der Waals surface area contributed by atoms with E-state index in [-0.39, 0.29) is 17.7 Å². The van der Waals surface area contributed by atoms with Crippen molar-refractivity contribution in [3.8, 4) is 5.88 Å². The van der Waals surface area contributed by atoms with E-state index < -0.39 is 0 Å². The van der Waals surface area contributed by atoms with Crippen molar-refractivity contribution in [1.82, 2.24) is 15.1 Å². The third-order valence-corrected chi connectivity index (χ3v) is 3.17. The van der Waals surface area contributed by atoms with Crippen molar-refractivity contribution in [2.45, 2.75) is 13.3 Å². The zero-order valence-electron chi connectivity index (χ0n) is 13.4. The van der Waals surface area contributed by atoms with E-state index in [1.54, 1.807) is 37.5 Å². The van der Waals surface area contributed by atoms with Crippen molar-refractivity contribution in [3.63, 3.8) is 0 Å². The molecular weight excluding hydrogens is 296 g/mol. The van der Waals surface area contributed by atoms with Crippen LogP contribution in [0.5, 0.6) is 5.88 Å². The molecule has 1 heterocycles. The van der Waals surface area contributed by atoms with E-state index in [0.29, 0.717) is 23.4 Å². The van der Waals surface area contributed by atoms with Crippen LogP contribution in [0.4, 0.5) is 5.69 Å². The standard InChI is InChI=1S/C16H20N4O3/c1-4-9-17-14(21)11-5-7-12(8-6-11)18-15(22)13-10-20(2)19-16(13)23-3/h5-8,10H,4,9H2,1-3H3,(H,17,21)(H,18,22). The quantitative estimate of drug-likeness (QED) is 0.851. The van der Waals surface area contributed by atoms with Gasteiger partial charge in [0.1, 0.15) is 5.56 Å². The minimum Gasteiger partial charge on any atom is -0.479 e. The Morgan fingerprint density at radius 3 is 2.52 bits per heavy atom. The second kappa shape index (κ2) is 7.44. The number of methoxy groups -OCH3 is 1. The molecule has 1 aromatic heterocycles. The first-order valence-corrected chi connectivity index (χ1v) is 7.32. The minimum absolute atomic E-state index is 0.126. The number of nitrogens with zero attached hydrogens (tertiary/aromatic N) is 2. The third-order valence-electron chi connectivity index (χ3n) is 3.17. The summed E-state index contributed by atoms with van der Waals surface area (Å²) in [5.74, 6) is -0.183. The lowest BCUT2D eigenvalue weighted by Gasteiger charge is -2.07. The number of hydrogen-bond acceptors (Lipinski definition) is 4. The molecule has 0 fully saturated rings. The number of rotatable bonds is 6. The monoisotopic (exact) mass is 316 g/mol. The summed E-state index contributed by atoms with van der Waals surface area (Å²) in [6.45, 7) is 2.63. The van der Waals surface area contributed by atoms with Gasteiger partial charge in [-0.2, -0.15) is 0 Å². The maximum Gasteiger partial charge on any atom is 0.262 e. The van der Waals surface area contributed by atoms with Gasteiger partial charge in [-0.25, -0.2) is 0 Å². The van der Waals surface area contributed by atoms with Crippen LogP contribution in [0.3, 0.4) is 0 Å². The number of hydrogen-bond donors (Lipinski definition) is 2. The van der Waals surface area contributed by atoms with Crippen molar-refractivity contribution in [2.24, 2.45) is 7.05 Å². The fourth-order valence-corrected chi connectivity index (χ4v) is 2.02. The molecule has 2 amide bonds. The molecule has 0 radical (unpaired) electrons. The zero-order valence-corrected chi connectivity index (χ0v) is 13.4. The fourth-order valence-electron chi connectivity index (χ4n) is 2.02. The first-order chi connectivity index (χ1) is 11.0. The maximum absolute atomic E-state index is 12.2. The SMILES string of the molecule is CCCNC(=O)c1ccc(NC(=O)c2cn(C)nc2OC)cc1. The number of benzene rings is 1. The van der Waals surface area contributed by atoms with Gasteiger partial charge in [-0.15, -0.1) is 5.10 Å². The number of aromatic nitrogens is 2. The van der Waals surface area contributed by atoms with Crippen LogP contribution in [-0.2, 0) is 7.05 Å². The summed E-state index contributed by atoms with van der Waals surface area (Å²) in [6, 6.07) is 6.70. The Kier molecular flexibility index (Phi) is 5.35. The molecule has 2 aromatic rings. The summed E-state index contributed by atoms with van der Waals surface area (Å²) >= 11 is 0. The Labute approximate surface area is 134 Å². The predicted octanol–water partition coefficient (Wildman–Crippen LogP) is 1.82. The first kappa shape index (κ1) is 16.5. The van der Waals surface area contributed by atoms with Gasteiger partial charge in [0.15, 0.2) is 0 Å². The van der Waals surface area contributed by atoms with Crippen molar-refractivity contribution in [1.29, 1.82) is 0 Å². The Morgan fingerprint density at radius 2 is 1.91 bits per heavy atom. The Bertz CT molecular complexity index is 692. The molecule has 1 aromatic carbocycles. The summed E-state index contributed by atoms with van der Waals surface area (Å²) in [6.07, 6.45) is 2.47. The van der Waals surface area contributed by atoms with Gasteiger partial charge >= 0.3 is 0 Å². The van der Waals surface area contributed by atoms with Crippen molar-refractivity contribution >= 4 is 17.5 Å². The summed E-state index contributed by atoms with van der Waals surface area (Å²) in [5.41, 5.74) is 1.49. The smallest absolute Gasteiger partial charge is 0.262 e. The van der Waals surface area contributed by atoms with Gasteiger partial charge in [0.05, 0.1) is 7.11 Å². The van der Waals surface area contributed by atoms with Crippen LogP contribution in [0.15, 0.2) is 30.5 Å². The number of carbonyl (C=O) groups excluding carboxylic acids is 2. The van der Waals surface area contributed by atoms with Gasteiger partial charge in [0, 0.05) is 31.0 Å². The number of carbonyl (C=O) groups is 2. The Balaban J connectivity index is 2.05. The zero-order chi connectivity index (χ0) is 16.8. The van der Waals surface area contributed by atoms with Gasteiger partial charge in [0.2, 0.25) is 5.88 Å². The number of anilines is 1. The molecular formula is C16H20N4O3. The molecule has 7 nitrogen and oxygen atoms in total. The molecule has 0 atom stereocenters. The average molecular weight is 316 g/mol. The van der Waals surface area contributed by atoms with Crippen LogP contribution in [0, 0.1) is 0 Å². The normalized spacial score (nSPS) is 10.2. The molecule has 0 aliphatic heterocycles. The van der Waals surface area contributed by atoms with Crippen molar-refractivity contribution in [3.05, 3.63) is 41.6 Å². The predicted molar refractivity (Wildman–Crippen MR) is 86.8 cm³/mol. The Hall–Kier alpha value is -2.83.